The Bertz CT molecular complexity index is 1020. The van der Waals surface area contributed by atoms with Crippen molar-refractivity contribution in [1.29, 1.82) is 0 Å². The summed E-state index contributed by atoms with van der Waals surface area (Å²) in [6.45, 7) is -1.65. The number of piperidine rings is 1. The molecule has 0 aromatic heterocycles. The lowest BCUT2D eigenvalue weighted by Gasteiger charge is -2.35. The van der Waals surface area contributed by atoms with Crippen molar-refractivity contribution in [3.8, 4) is 5.75 Å². The zero-order chi connectivity index (χ0) is 21.9. The third kappa shape index (κ3) is 5.15. The molecule has 1 saturated heterocycles. The molecule has 1 heterocycles. The van der Waals surface area contributed by atoms with Gasteiger partial charge in [-0.3, -0.25) is 10.1 Å². The van der Waals surface area contributed by atoms with Gasteiger partial charge in [0.2, 0.25) is 0 Å². The van der Waals surface area contributed by atoms with Crippen LogP contribution in [0.3, 0.4) is 0 Å². The molecular weight excluding hydrogens is 420 g/mol. The van der Waals surface area contributed by atoms with Crippen LogP contribution in [0.4, 0.5) is 25.8 Å². The SMILES string of the molecule is CS(=O)(=O)c1cccc(NC2CCCN(c3ccc(OC(F)F)cc3)C2)c1[N+](=O)[O-]. The number of anilines is 2. The number of alkyl halides is 2. The lowest BCUT2D eigenvalue weighted by molar-refractivity contribution is -0.386. The average Bonchev–Trinajstić information content (AvgIpc) is 2.67. The van der Waals surface area contributed by atoms with Crippen molar-refractivity contribution >= 4 is 26.9 Å². The van der Waals surface area contributed by atoms with Crippen molar-refractivity contribution in [3.63, 3.8) is 0 Å². The zero-order valence-electron chi connectivity index (χ0n) is 16.1. The van der Waals surface area contributed by atoms with Crippen molar-refractivity contribution in [1.82, 2.24) is 0 Å². The lowest BCUT2D eigenvalue weighted by Crippen LogP contribution is -2.42. The number of nitrogens with one attached hydrogen (secondary N) is 1. The molecule has 0 amide bonds. The van der Waals surface area contributed by atoms with Gasteiger partial charge in [0.25, 0.3) is 0 Å². The second-order valence-corrected chi connectivity index (χ2v) is 8.97. The summed E-state index contributed by atoms with van der Waals surface area (Å²) in [5, 5.41) is 14.7. The van der Waals surface area contributed by atoms with Gasteiger partial charge >= 0.3 is 12.3 Å². The van der Waals surface area contributed by atoms with Crippen molar-refractivity contribution in [2.45, 2.75) is 30.4 Å². The molecule has 0 saturated carbocycles. The van der Waals surface area contributed by atoms with E-state index in [1.54, 1.807) is 12.1 Å². The maximum absolute atomic E-state index is 12.3. The van der Waals surface area contributed by atoms with Crippen LogP contribution in [0.15, 0.2) is 47.4 Å². The van der Waals surface area contributed by atoms with Gasteiger partial charge in [0.05, 0.1) is 4.92 Å². The highest BCUT2D eigenvalue weighted by Crippen LogP contribution is 2.33. The molecule has 1 unspecified atom stereocenters. The largest absolute Gasteiger partial charge is 0.435 e. The number of ether oxygens (including phenoxy) is 1. The Labute approximate surface area is 172 Å². The van der Waals surface area contributed by atoms with Gasteiger partial charge in [0, 0.05) is 31.1 Å². The van der Waals surface area contributed by atoms with Gasteiger partial charge < -0.3 is 15.0 Å². The van der Waals surface area contributed by atoms with E-state index in [4.69, 9.17) is 0 Å². The van der Waals surface area contributed by atoms with Crippen molar-refractivity contribution in [3.05, 3.63) is 52.6 Å². The number of hydrogen-bond donors (Lipinski definition) is 1. The van der Waals surface area contributed by atoms with Gasteiger partial charge in [0.15, 0.2) is 9.84 Å². The molecule has 11 heteroatoms. The number of halogens is 2. The molecule has 162 valence electrons. The summed E-state index contributed by atoms with van der Waals surface area (Å²) in [7, 11) is -3.77. The van der Waals surface area contributed by atoms with Crippen molar-refractivity contribution < 1.29 is 26.9 Å². The summed E-state index contributed by atoms with van der Waals surface area (Å²) in [6, 6.07) is 10.3. The van der Waals surface area contributed by atoms with E-state index in [9.17, 15) is 27.3 Å². The fourth-order valence-electron chi connectivity index (χ4n) is 3.51. The lowest BCUT2D eigenvalue weighted by atomic mass is 10.0. The molecule has 1 aliphatic heterocycles. The topological polar surface area (TPSA) is 102 Å². The van der Waals surface area contributed by atoms with Gasteiger partial charge in [-0.25, -0.2) is 8.42 Å². The first-order valence-corrected chi connectivity index (χ1v) is 11.1. The second kappa shape index (κ2) is 8.82. The molecule has 8 nitrogen and oxygen atoms in total. The highest BCUT2D eigenvalue weighted by atomic mass is 32.2. The number of para-hydroxylation sites is 1. The van der Waals surface area contributed by atoms with Gasteiger partial charge in [-0.15, -0.1) is 0 Å². The van der Waals surface area contributed by atoms with Gasteiger partial charge in [-0.2, -0.15) is 8.78 Å². The molecule has 3 rings (SSSR count). The number of sulfone groups is 1. The van der Waals surface area contributed by atoms with E-state index in [0.29, 0.717) is 6.54 Å². The molecule has 0 bridgehead atoms. The average molecular weight is 441 g/mol. The third-order valence-corrected chi connectivity index (χ3v) is 5.92. The minimum atomic E-state index is -3.77. The normalized spacial score (nSPS) is 17.1. The van der Waals surface area contributed by atoms with E-state index in [1.165, 1.54) is 30.3 Å². The predicted molar refractivity (Wildman–Crippen MR) is 108 cm³/mol. The summed E-state index contributed by atoms with van der Waals surface area (Å²) >= 11 is 0. The fourth-order valence-corrected chi connectivity index (χ4v) is 4.38. The van der Waals surface area contributed by atoms with E-state index in [0.717, 1.165) is 31.3 Å². The standard InChI is InChI=1S/C19H21F2N3O5S/c1-30(27,28)17-6-2-5-16(18(17)24(25)26)22-13-4-3-11-23(12-13)14-7-9-15(10-8-14)29-19(20)21/h2,5-10,13,19,22H,3-4,11-12H2,1H3. The third-order valence-electron chi connectivity index (χ3n) is 4.79. The van der Waals surface area contributed by atoms with Crippen molar-refractivity contribution in [2.24, 2.45) is 0 Å². The first-order valence-electron chi connectivity index (χ1n) is 9.19. The molecule has 0 radical (unpaired) electrons. The van der Waals surface area contributed by atoms with E-state index >= 15 is 0 Å². The van der Waals surface area contributed by atoms with Crippen molar-refractivity contribution in [2.75, 3.05) is 29.6 Å². The van der Waals surface area contributed by atoms with Crippen LogP contribution >= 0.6 is 0 Å². The first-order chi connectivity index (χ1) is 14.1. The molecule has 2 aromatic rings. The summed E-state index contributed by atoms with van der Waals surface area (Å²) in [4.78, 5) is 12.6. The van der Waals surface area contributed by atoms with Crippen LogP contribution in [0.25, 0.3) is 0 Å². The number of hydrogen-bond acceptors (Lipinski definition) is 7. The molecule has 0 spiro atoms. The fraction of sp³-hybridized carbons (Fsp3) is 0.368. The number of nitro benzene ring substituents is 1. The second-order valence-electron chi connectivity index (χ2n) is 6.98. The zero-order valence-corrected chi connectivity index (χ0v) is 16.9. The molecule has 1 aliphatic rings. The van der Waals surface area contributed by atoms with Gasteiger partial charge in [-0.1, -0.05) is 6.07 Å². The maximum Gasteiger partial charge on any atom is 0.387 e. The predicted octanol–water partition coefficient (Wildman–Crippen LogP) is 3.68. The molecule has 1 atom stereocenters. The molecule has 1 fully saturated rings. The molecule has 1 N–H and O–H groups in total. The number of rotatable bonds is 7. The smallest absolute Gasteiger partial charge is 0.387 e. The minimum Gasteiger partial charge on any atom is -0.435 e. The van der Waals surface area contributed by atoms with Crippen LogP contribution in [0, 0.1) is 10.1 Å². The Morgan fingerprint density at radius 2 is 1.93 bits per heavy atom. The molecule has 0 aliphatic carbocycles. The van der Waals surface area contributed by atoms with Gasteiger partial charge in [-0.05, 0) is 49.2 Å². The van der Waals surface area contributed by atoms with Crippen LogP contribution in [-0.4, -0.2) is 45.3 Å². The number of benzene rings is 2. The van der Waals surface area contributed by atoms with E-state index in [1.807, 2.05) is 4.90 Å². The van der Waals surface area contributed by atoms with Crippen LogP contribution < -0.4 is 15.0 Å². The molecule has 30 heavy (non-hydrogen) atoms. The Balaban J connectivity index is 1.78. The van der Waals surface area contributed by atoms with Crippen LogP contribution in [0.2, 0.25) is 0 Å². The van der Waals surface area contributed by atoms with E-state index < -0.39 is 27.1 Å². The molecule has 2 aromatic carbocycles. The summed E-state index contributed by atoms with van der Waals surface area (Å²) in [5.41, 5.74) is 0.489. The quantitative estimate of drug-likeness (QED) is 0.517. The Morgan fingerprint density at radius 1 is 1.23 bits per heavy atom. The number of nitrogens with zero attached hydrogens (tertiary/aromatic N) is 2. The van der Waals surface area contributed by atoms with Crippen LogP contribution in [0.1, 0.15) is 12.8 Å². The number of nitro groups is 1. The summed E-state index contributed by atoms with van der Waals surface area (Å²) in [5.74, 6) is 0.0636. The highest BCUT2D eigenvalue weighted by molar-refractivity contribution is 7.90. The first kappa shape index (κ1) is 21.8. The Morgan fingerprint density at radius 3 is 2.53 bits per heavy atom. The Kier molecular flexibility index (Phi) is 6.40. The highest BCUT2D eigenvalue weighted by Gasteiger charge is 2.28. The van der Waals surface area contributed by atoms with E-state index in [-0.39, 0.29) is 22.4 Å². The van der Waals surface area contributed by atoms with Crippen LogP contribution in [-0.2, 0) is 9.84 Å². The molecular formula is C19H21F2N3O5S. The maximum atomic E-state index is 12.3. The van der Waals surface area contributed by atoms with Crippen LogP contribution in [0.5, 0.6) is 5.75 Å². The monoisotopic (exact) mass is 441 g/mol. The minimum absolute atomic E-state index is 0.0636. The summed E-state index contributed by atoms with van der Waals surface area (Å²) < 4.78 is 52.8. The Hall–Kier alpha value is -2.95. The summed E-state index contributed by atoms with van der Waals surface area (Å²) in [6.07, 6.45) is 2.47. The van der Waals surface area contributed by atoms with E-state index in [2.05, 4.69) is 10.1 Å². The van der Waals surface area contributed by atoms with Gasteiger partial charge in [0.1, 0.15) is 16.3 Å².